The molecule has 0 aliphatic carbocycles. The molecule has 1 amide bonds. The van der Waals surface area contributed by atoms with Crippen molar-refractivity contribution in [3.8, 4) is 5.75 Å². The molecule has 94 valence electrons. The van der Waals surface area contributed by atoms with Crippen molar-refractivity contribution in [3.05, 3.63) is 27.3 Å². The fourth-order valence-electron chi connectivity index (χ4n) is 1.38. The Hall–Kier alpha value is -0.820. The number of hydrogen-bond donors (Lipinski definition) is 3. The Morgan fingerprint density at radius 2 is 2.18 bits per heavy atom. The molecule has 0 saturated heterocycles. The van der Waals surface area contributed by atoms with E-state index in [0.29, 0.717) is 12.1 Å². The quantitative estimate of drug-likeness (QED) is 0.542. The molecule has 0 fully saturated rings. The number of halogens is 1. The standard InChI is InChI=1S/C12H17IN2O2/c1-2-14-6-3-7-15-12(17)10-8-9(13)4-5-11(10)16/h4-5,8,14,16H,2-3,6-7H2,1H3,(H,15,17). The maximum absolute atomic E-state index is 11.8. The average Bonchev–Trinajstić information content (AvgIpc) is 2.32. The highest BCUT2D eigenvalue weighted by molar-refractivity contribution is 14.1. The topological polar surface area (TPSA) is 61.4 Å². The summed E-state index contributed by atoms with van der Waals surface area (Å²) < 4.78 is 0.929. The van der Waals surface area contributed by atoms with E-state index < -0.39 is 0 Å². The second kappa shape index (κ2) is 7.50. The average molecular weight is 348 g/mol. The summed E-state index contributed by atoms with van der Waals surface area (Å²) in [6.07, 6.45) is 0.879. The van der Waals surface area contributed by atoms with E-state index in [1.54, 1.807) is 12.1 Å². The van der Waals surface area contributed by atoms with Gasteiger partial charge in [-0.15, -0.1) is 0 Å². The van der Waals surface area contributed by atoms with Gasteiger partial charge in [0, 0.05) is 10.1 Å². The van der Waals surface area contributed by atoms with Gasteiger partial charge < -0.3 is 15.7 Å². The maximum atomic E-state index is 11.8. The predicted octanol–water partition coefficient (Wildman–Crippen LogP) is 1.73. The molecule has 1 aromatic carbocycles. The highest BCUT2D eigenvalue weighted by Crippen LogP contribution is 2.19. The van der Waals surface area contributed by atoms with Crippen LogP contribution in [0.1, 0.15) is 23.7 Å². The minimum absolute atomic E-state index is 0.0228. The van der Waals surface area contributed by atoms with Crippen LogP contribution in [0.5, 0.6) is 5.75 Å². The first-order valence-electron chi connectivity index (χ1n) is 5.62. The first-order chi connectivity index (χ1) is 8.15. The number of carbonyl (C=O) groups excluding carboxylic acids is 1. The minimum Gasteiger partial charge on any atom is -0.507 e. The fraction of sp³-hybridized carbons (Fsp3) is 0.417. The van der Waals surface area contributed by atoms with Crippen molar-refractivity contribution in [3.63, 3.8) is 0 Å². The molecule has 1 rings (SSSR count). The molecule has 0 atom stereocenters. The van der Waals surface area contributed by atoms with Gasteiger partial charge in [-0.1, -0.05) is 6.92 Å². The van der Waals surface area contributed by atoms with E-state index in [9.17, 15) is 9.90 Å². The van der Waals surface area contributed by atoms with E-state index in [4.69, 9.17) is 0 Å². The molecular formula is C12H17IN2O2. The Kier molecular flexibility index (Phi) is 6.28. The van der Waals surface area contributed by atoms with Gasteiger partial charge >= 0.3 is 0 Å². The number of carbonyl (C=O) groups is 1. The summed E-state index contributed by atoms with van der Waals surface area (Å²) in [5, 5.41) is 15.5. The summed E-state index contributed by atoms with van der Waals surface area (Å²) in [6, 6.07) is 4.97. The third kappa shape index (κ3) is 4.91. The number of hydrogen-bond acceptors (Lipinski definition) is 3. The van der Waals surface area contributed by atoms with Gasteiger partial charge in [0.1, 0.15) is 5.75 Å². The van der Waals surface area contributed by atoms with Crippen molar-refractivity contribution >= 4 is 28.5 Å². The highest BCUT2D eigenvalue weighted by atomic mass is 127. The zero-order valence-electron chi connectivity index (χ0n) is 9.79. The normalized spacial score (nSPS) is 10.2. The van der Waals surface area contributed by atoms with Crippen LogP contribution in [-0.4, -0.2) is 30.6 Å². The molecule has 0 spiro atoms. The van der Waals surface area contributed by atoms with E-state index in [-0.39, 0.29) is 11.7 Å². The van der Waals surface area contributed by atoms with Crippen LogP contribution >= 0.6 is 22.6 Å². The number of benzene rings is 1. The Bertz CT molecular complexity index is 383. The van der Waals surface area contributed by atoms with E-state index in [1.807, 2.05) is 6.92 Å². The number of phenols is 1. The molecule has 4 nitrogen and oxygen atoms in total. The zero-order valence-corrected chi connectivity index (χ0v) is 12.0. The van der Waals surface area contributed by atoms with Gasteiger partial charge in [-0.25, -0.2) is 0 Å². The van der Waals surface area contributed by atoms with Crippen LogP contribution in [0.25, 0.3) is 0 Å². The first kappa shape index (κ1) is 14.2. The van der Waals surface area contributed by atoms with Crippen molar-refractivity contribution in [1.29, 1.82) is 0 Å². The molecular weight excluding hydrogens is 331 g/mol. The second-order valence-electron chi connectivity index (χ2n) is 3.62. The summed E-state index contributed by atoms with van der Waals surface area (Å²) >= 11 is 2.11. The van der Waals surface area contributed by atoms with Crippen LogP contribution < -0.4 is 10.6 Å². The van der Waals surface area contributed by atoms with Crippen molar-refractivity contribution in [2.45, 2.75) is 13.3 Å². The Morgan fingerprint density at radius 1 is 1.41 bits per heavy atom. The molecule has 0 radical (unpaired) electrons. The number of phenolic OH excluding ortho intramolecular Hbond substituents is 1. The van der Waals surface area contributed by atoms with Gasteiger partial charge in [0.15, 0.2) is 0 Å². The molecule has 0 aromatic heterocycles. The van der Waals surface area contributed by atoms with Gasteiger partial charge in [-0.05, 0) is 60.3 Å². The van der Waals surface area contributed by atoms with Gasteiger partial charge in [0.25, 0.3) is 5.91 Å². The van der Waals surface area contributed by atoms with Crippen molar-refractivity contribution in [1.82, 2.24) is 10.6 Å². The third-order valence-electron chi connectivity index (χ3n) is 2.27. The molecule has 17 heavy (non-hydrogen) atoms. The van der Waals surface area contributed by atoms with Crippen LogP contribution in [0.3, 0.4) is 0 Å². The van der Waals surface area contributed by atoms with Gasteiger partial charge in [0.2, 0.25) is 0 Å². The summed E-state index contributed by atoms with van der Waals surface area (Å²) in [4.78, 5) is 11.8. The molecule has 0 bridgehead atoms. The smallest absolute Gasteiger partial charge is 0.255 e. The highest BCUT2D eigenvalue weighted by Gasteiger charge is 2.10. The lowest BCUT2D eigenvalue weighted by molar-refractivity contribution is 0.0950. The van der Waals surface area contributed by atoms with Crippen LogP contribution in [0.2, 0.25) is 0 Å². The molecule has 1 aromatic rings. The minimum atomic E-state index is -0.225. The number of nitrogens with one attached hydrogen (secondary N) is 2. The first-order valence-corrected chi connectivity index (χ1v) is 6.70. The number of rotatable bonds is 6. The summed E-state index contributed by atoms with van der Waals surface area (Å²) in [5.74, 6) is -0.202. The van der Waals surface area contributed by atoms with Gasteiger partial charge in [-0.2, -0.15) is 0 Å². The van der Waals surface area contributed by atoms with Crippen LogP contribution in [0, 0.1) is 3.57 Å². The summed E-state index contributed by atoms with van der Waals surface area (Å²) in [7, 11) is 0. The van der Waals surface area contributed by atoms with Crippen molar-refractivity contribution < 1.29 is 9.90 Å². The van der Waals surface area contributed by atoms with E-state index in [0.717, 1.165) is 23.1 Å². The summed E-state index contributed by atoms with van der Waals surface area (Å²) in [5.41, 5.74) is 0.334. The number of amides is 1. The molecule has 3 N–H and O–H groups in total. The molecule has 5 heteroatoms. The lowest BCUT2D eigenvalue weighted by atomic mass is 10.2. The fourth-order valence-corrected chi connectivity index (χ4v) is 1.87. The van der Waals surface area contributed by atoms with Crippen LogP contribution in [0.4, 0.5) is 0 Å². The summed E-state index contributed by atoms with van der Waals surface area (Å²) in [6.45, 7) is 4.47. The monoisotopic (exact) mass is 348 g/mol. The Labute approximate surface area is 115 Å². The second-order valence-corrected chi connectivity index (χ2v) is 4.87. The largest absolute Gasteiger partial charge is 0.507 e. The van der Waals surface area contributed by atoms with E-state index in [2.05, 4.69) is 33.2 Å². The van der Waals surface area contributed by atoms with Crippen molar-refractivity contribution in [2.24, 2.45) is 0 Å². The predicted molar refractivity (Wildman–Crippen MR) is 76.3 cm³/mol. The van der Waals surface area contributed by atoms with Gasteiger partial charge in [-0.3, -0.25) is 4.79 Å². The Morgan fingerprint density at radius 3 is 2.88 bits per heavy atom. The molecule has 0 saturated carbocycles. The number of aromatic hydroxyl groups is 1. The molecule has 0 aliphatic heterocycles. The molecule has 0 heterocycles. The third-order valence-corrected chi connectivity index (χ3v) is 2.94. The van der Waals surface area contributed by atoms with E-state index >= 15 is 0 Å². The van der Waals surface area contributed by atoms with Crippen LogP contribution in [-0.2, 0) is 0 Å². The van der Waals surface area contributed by atoms with E-state index in [1.165, 1.54) is 6.07 Å². The lowest BCUT2D eigenvalue weighted by Crippen LogP contribution is -2.27. The lowest BCUT2D eigenvalue weighted by Gasteiger charge is -2.07. The van der Waals surface area contributed by atoms with Gasteiger partial charge in [0.05, 0.1) is 5.56 Å². The van der Waals surface area contributed by atoms with Crippen LogP contribution in [0.15, 0.2) is 18.2 Å². The Balaban J connectivity index is 2.44. The van der Waals surface area contributed by atoms with Crippen molar-refractivity contribution in [2.75, 3.05) is 19.6 Å². The molecule has 0 aliphatic rings. The SMILES string of the molecule is CCNCCCNC(=O)c1cc(I)ccc1O. The molecule has 0 unspecified atom stereocenters. The maximum Gasteiger partial charge on any atom is 0.255 e. The zero-order chi connectivity index (χ0) is 12.7.